The molecule has 1 aliphatic heterocycles. The van der Waals surface area contributed by atoms with E-state index in [0.29, 0.717) is 5.54 Å². The predicted molar refractivity (Wildman–Crippen MR) is 76.7 cm³/mol. The molecule has 0 amide bonds. The van der Waals surface area contributed by atoms with E-state index in [4.69, 9.17) is 0 Å². The summed E-state index contributed by atoms with van der Waals surface area (Å²) in [7, 11) is 0. The largest absolute Gasteiger partial charge is 0.308 e. The van der Waals surface area contributed by atoms with Crippen LogP contribution in [0.25, 0.3) is 0 Å². The van der Waals surface area contributed by atoms with Crippen LogP contribution in [0.15, 0.2) is 0 Å². The highest BCUT2D eigenvalue weighted by molar-refractivity contribution is 5.04. The van der Waals surface area contributed by atoms with Crippen LogP contribution in [0.1, 0.15) is 58.8 Å². The monoisotopic (exact) mass is 250 g/mol. The van der Waals surface area contributed by atoms with Crippen LogP contribution >= 0.6 is 0 Å². The van der Waals surface area contributed by atoms with Crippen molar-refractivity contribution >= 4 is 0 Å². The number of hydrogen-bond acceptors (Lipinski definition) is 2. The number of hydrogen-bond donors (Lipinski definition) is 1. The van der Waals surface area contributed by atoms with E-state index in [2.05, 4.69) is 24.1 Å². The van der Waals surface area contributed by atoms with Crippen molar-refractivity contribution in [3.63, 3.8) is 0 Å². The molecule has 2 unspecified atom stereocenters. The first-order chi connectivity index (χ1) is 8.71. The lowest BCUT2D eigenvalue weighted by molar-refractivity contribution is 0.0444. The summed E-state index contributed by atoms with van der Waals surface area (Å²) in [6.45, 7) is 8.72. The van der Waals surface area contributed by atoms with Gasteiger partial charge >= 0.3 is 0 Å². The average Bonchev–Trinajstić information content (AvgIpc) is 3.11. The van der Waals surface area contributed by atoms with Gasteiger partial charge < -0.3 is 5.32 Å². The molecule has 0 aromatic carbocycles. The molecule has 1 N–H and O–H groups in total. The van der Waals surface area contributed by atoms with Gasteiger partial charge in [0, 0.05) is 31.2 Å². The quantitative estimate of drug-likeness (QED) is 0.807. The summed E-state index contributed by atoms with van der Waals surface area (Å²) in [5.74, 6) is 1.98. The van der Waals surface area contributed by atoms with Crippen molar-refractivity contribution in [1.82, 2.24) is 10.2 Å². The van der Waals surface area contributed by atoms with Crippen molar-refractivity contribution in [2.24, 2.45) is 11.8 Å². The highest BCUT2D eigenvalue weighted by atomic mass is 15.3. The second kappa shape index (κ2) is 5.13. The number of nitrogens with zero attached hydrogens (tertiary/aromatic N) is 1. The zero-order chi connectivity index (χ0) is 12.6. The standard InChI is InChI=1S/C16H30N2/c1-3-5-15-10-17-16(2,14-8-9-14)12-18(15)11-13-6-4-7-13/h13-15,17H,3-12H2,1-2H3. The summed E-state index contributed by atoms with van der Waals surface area (Å²) in [6, 6.07) is 0.808. The van der Waals surface area contributed by atoms with Crippen molar-refractivity contribution in [3.05, 3.63) is 0 Å². The minimum absolute atomic E-state index is 0.425. The number of nitrogens with one attached hydrogen (secondary N) is 1. The Morgan fingerprint density at radius 2 is 2.00 bits per heavy atom. The molecule has 0 spiro atoms. The van der Waals surface area contributed by atoms with Crippen LogP contribution in [0.2, 0.25) is 0 Å². The predicted octanol–water partition coefficient (Wildman–Crippen LogP) is 3.03. The van der Waals surface area contributed by atoms with Gasteiger partial charge in [-0.05, 0) is 50.9 Å². The SMILES string of the molecule is CCCC1CNC(C)(C2CC2)CN1CC1CCC1. The molecule has 1 saturated heterocycles. The molecule has 0 aromatic rings. The summed E-state index contributed by atoms with van der Waals surface area (Å²) >= 11 is 0. The highest BCUT2D eigenvalue weighted by Crippen LogP contribution is 2.42. The van der Waals surface area contributed by atoms with E-state index < -0.39 is 0 Å². The smallest absolute Gasteiger partial charge is 0.0309 e. The third kappa shape index (κ3) is 2.60. The lowest BCUT2D eigenvalue weighted by atomic mass is 9.83. The van der Waals surface area contributed by atoms with E-state index in [1.807, 2.05) is 0 Å². The molecule has 0 aromatic heterocycles. The Kier molecular flexibility index (Phi) is 3.68. The molecule has 2 heteroatoms. The van der Waals surface area contributed by atoms with Crippen LogP contribution in [0, 0.1) is 11.8 Å². The van der Waals surface area contributed by atoms with Crippen LogP contribution in [0.5, 0.6) is 0 Å². The van der Waals surface area contributed by atoms with Crippen LogP contribution in [-0.2, 0) is 0 Å². The number of rotatable bonds is 5. The van der Waals surface area contributed by atoms with E-state index in [1.54, 1.807) is 0 Å². The van der Waals surface area contributed by atoms with Gasteiger partial charge in [0.2, 0.25) is 0 Å². The van der Waals surface area contributed by atoms with Gasteiger partial charge in [0.15, 0.2) is 0 Å². The maximum Gasteiger partial charge on any atom is 0.0309 e. The molecule has 2 aliphatic carbocycles. The first-order valence-corrected chi connectivity index (χ1v) is 8.20. The third-order valence-corrected chi connectivity index (χ3v) is 5.61. The zero-order valence-corrected chi connectivity index (χ0v) is 12.3. The van der Waals surface area contributed by atoms with Gasteiger partial charge in [-0.25, -0.2) is 0 Å². The maximum absolute atomic E-state index is 3.89. The average molecular weight is 250 g/mol. The molecule has 2 saturated carbocycles. The summed E-state index contributed by atoms with van der Waals surface area (Å²) in [5, 5.41) is 3.89. The van der Waals surface area contributed by atoms with E-state index in [0.717, 1.165) is 17.9 Å². The molecule has 3 fully saturated rings. The Morgan fingerprint density at radius 3 is 2.56 bits per heavy atom. The molecule has 18 heavy (non-hydrogen) atoms. The minimum atomic E-state index is 0.425. The summed E-state index contributed by atoms with van der Waals surface area (Å²) in [6.07, 6.45) is 10.1. The lowest BCUT2D eigenvalue weighted by Crippen LogP contribution is -2.64. The zero-order valence-electron chi connectivity index (χ0n) is 12.3. The minimum Gasteiger partial charge on any atom is -0.308 e. The number of piperazine rings is 1. The first kappa shape index (κ1) is 12.9. The van der Waals surface area contributed by atoms with Crippen LogP contribution in [0.4, 0.5) is 0 Å². The van der Waals surface area contributed by atoms with Crippen molar-refractivity contribution < 1.29 is 0 Å². The van der Waals surface area contributed by atoms with Crippen molar-refractivity contribution in [1.29, 1.82) is 0 Å². The Labute approximate surface area is 113 Å². The Balaban J connectivity index is 1.62. The lowest BCUT2D eigenvalue weighted by Gasteiger charge is -2.48. The molecule has 104 valence electrons. The summed E-state index contributed by atoms with van der Waals surface area (Å²) in [4.78, 5) is 2.85. The summed E-state index contributed by atoms with van der Waals surface area (Å²) < 4.78 is 0. The van der Waals surface area contributed by atoms with Gasteiger partial charge in [0.05, 0.1) is 0 Å². The molecule has 1 heterocycles. The van der Waals surface area contributed by atoms with Crippen molar-refractivity contribution in [2.75, 3.05) is 19.6 Å². The van der Waals surface area contributed by atoms with Gasteiger partial charge in [-0.15, -0.1) is 0 Å². The normalized spacial score (nSPS) is 38.7. The van der Waals surface area contributed by atoms with E-state index in [1.165, 1.54) is 64.6 Å². The Bertz CT molecular complexity index is 283. The van der Waals surface area contributed by atoms with E-state index >= 15 is 0 Å². The first-order valence-electron chi connectivity index (χ1n) is 8.20. The highest BCUT2D eigenvalue weighted by Gasteiger charge is 2.46. The molecule has 3 aliphatic rings. The molecule has 0 bridgehead atoms. The fraction of sp³-hybridized carbons (Fsp3) is 1.00. The maximum atomic E-state index is 3.89. The Hall–Kier alpha value is -0.0800. The van der Waals surface area contributed by atoms with Crippen LogP contribution in [0.3, 0.4) is 0 Å². The topological polar surface area (TPSA) is 15.3 Å². The molecular formula is C16H30N2. The van der Waals surface area contributed by atoms with Crippen molar-refractivity contribution in [2.45, 2.75) is 70.4 Å². The van der Waals surface area contributed by atoms with Gasteiger partial charge in [-0.1, -0.05) is 19.8 Å². The second-order valence-corrected chi connectivity index (χ2v) is 7.24. The van der Waals surface area contributed by atoms with Gasteiger partial charge in [0.1, 0.15) is 0 Å². The van der Waals surface area contributed by atoms with Crippen molar-refractivity contribution in [3.8, 4) is 0 Å². The molecule has 0 radical (unpaired) electrons. The third-order valence-electron chi connectivity index (χ3n) is 5.61. The van der Waals surface area contributed by atoms with Crippen LogP contribution < -0.4 is 5.32 Å². The summed E-state index contributed by atoms with van der Waals surface area (Å²) in [5.41, 5.74) is 0.425. The molecule has 3 rings (SSSR count). The van der Waals surface area contributed by atoms with E-state index in [-0.39, 0.29) is 0 Å². The molecular weight excluding hydrogens is 220 g/mol. The second-order valence-electron chi connectivity index (χ2n) is 7.24. The molecule has 2 atom stereocenters. The van der Waals surface area contributed by atoms with Gasteiger partial charge in [0.25, 0.3) is 0 Å². The Morgan fingerprint density at radius 1 is 1.22 bits per heavy atom. The molecule has 2 nitrogen and oxygen atoms in total. The van der Waals surface area contributed by atoms with Gasteiger partial charge in [-0.2, -0.15) is 0 Å². The van der Waals surface area contributed by atoms with Crippen LogP contribution in [-0.4, -0.2) is 36.1 Å². The van der Waals surface area contributed by atoms with E-state index in [9.17, 15) is 0 Å². The fourth-order valence-electron chi connectivity index (χ4n) is 3.92. The van der Waals surface area contributed by atoms with Gasteiger partial charge in [-0.3, -0.25) is 4.90 Å². The fourth-order valence-corrected chi connectivity index (χ4v) is 3.92.